The van der Waals surface area contributed by atoms with Crippen molar-refractivity contribution >= 4 is 11.8 Å². The van der Waals surface area contributed by atoms with Crippen LogP contribution < -0.4 is 10.2 Å². The van der Waals surface area contributed by atoms with Crippen molar-refractivity contribution in [3.63, 3.8) is 0 Å². The molecule has 2 N–H and O–H groups in total. The molecule has 0 radical (unpaired) electrons. The fourth-order valence-electron chi connectivity index (χ4n) is 3.02. The van der Waals surface area contributed by atoms with Gasteiger partial charge in [0.2, 0.25) is 5.91 Å². The van der Waals surface area contributed by atoms with Crippen molar-refractivity contribution in [1.82, 2.24) is 10.4 Å². The van der Waals surface area contributed by atoms with Crippen LogP contribution in [0.25, 0.3) is 0 Å². The number of nitrogens with one attached hydrogen (secondary N) is 1. The minimum atomic E-state index is -0.597. The maximum atomic E-state index is 12.8. The van der Waals surface area contributed by atoms with E-state index in [2.05, 4.69) is 0 Å². The van der Waals surface area contributed by atoms with Crippen molar-refractivity contribution < 1.29 is 19.5 Å². The first kappa shape index (κ1) is 17.9. The number of hydrogen-bond acceptors (Lipinski definition) is 4. The van der Waals surface area contributed by atoms with Gasteiger partial charge < -0.3 is 9.64 Å². The van der Waals surface area contributed by atoms with E-state index in [1.807, 2.05) is 38.1 Å². The Morgan fingerprint density at radius 1 is 1.23 bits per heavy atom. The highest BCUT2D eigenvalue weighted by Crippen LogP contribution is 2.27. The van der Waals surface area contributed by atoms with Crippen LogP contribution in [0.4, 0.5) is 0 Å². The number of carbonyl (C=O) groups excluding carboxylic acids is 2. The van der Waals surface area contributed by atoms with E-state index in [-0.39, 0.29) is 12.0 Å². The third-order valence-corrected chi connectivity index (χ3v) is 4.43. The number of hydrogen-bond donors (Lipinski definition) is 2. The van der Waals surface area contributed by atoms with E-state index in [9.17, 15) is 9.59 Å². The van der Waals surface area contributed by atoms with Crippen molar-refractivity contribution in [3.8, 4) is 5.75 Å². The standard InChI is InChI=1S/C20H22N2O4/c1-13-3-5-15(6-4-13)9-19(23)22-11-14(2)26-18-10-16(20(24)21-25)7-8-17(18)12-22/h3-8,10,14,25H,9,11-12H2,1-2H3,(H,21,24)/t14-/m0/s1. The van der Waals surface area contributed by atoms with Crippen LogP contribution in [0.1, 0.15) is 34.0 Å². The summed E-state index contributed by atoms with van der Waals surface area (Å²) < 4.78 is 5.88. The lowest BCUT2D eigenvalue weighted by Crippen LogP contribution is -2.36. The molecule has 0 saturated carbocycles. The van der Waals surface area contributed by atoms with Crippen molar-refractivity contribution in [2.75, 3.05) is 6.54 Å². The zero-order chi connectivity index (χ0) is 18.7. The third kappa shape index (κ3) is 4.03. The molecule has 2 amide bonds. The van der Waals surface area contributed by atoms with Crippen molar-refractivity contribution in [3.05, 3.63) is 64.7 Å². The molecule has 0 unspecified atom stereocenters. The summed E-state index contributed by atoms with van der Waals surface area (Å²) in [7, 11) is 0. The maximum Gasteiger partial charge on any atom is 0.274 e. The molecule has 0 bridgehead atoms. The Labute approximate surface area is 152 Å². The van der Waals surface area contributed by atoms with Gasteiger partial charge in [0.05, 0.1) is 13.0 Å². The van der Waals surface area contributed by atoms with Crippen LogP contribution in [0, 0.1) is 6.92 Å². The van der Waals surface area contributed by atoms with Crippen LogP contribution in [0.2, 0.25) is 0 Å². The molecule has 3 rings (SSSR count). The number of hydroxylamine groups is 1. The molecule has 1 aliphatic heterocycles. The zero-order valence-corrected chi connectivity index (χ0v) is 14.9. The minimum absolute atomic E-state index is 0.0364. The summed E-state index contributed by atoms with van der Waals surface area (Å²) in [4.78, 5) is 26.1. The Morgan fingerprint density at radius 2 is 1.96 bits per heavy atom. The smallest absolute Gasteiger partial charge is 0.274 e. The van der Waals surface area contributed by atoms with Crippen molar-refractivity contribution in [2.45, 2.75) is 32.9 Å². The Hall–Kier alpha value is -2.86. The molecule has 1 atom stereocenters. The van der Waals surface area contributed by atoms with E-state index in [1.54, 1.807) is 28.6 Å². The summed E-state index contributed by atoms with van der Waals surface area (Å²) in [5.41, 5.74) is 4.89. The van der Waals surface area contributed by atoms with Gasteiger partial charge in [0.1, 0.15) is 11.9 Å². The number of benzene rings is 2. The van der Waals surface area contributed by atoms with Crippen molar-refractivity contribution in [1.29, 1.82) is 0 Å². The van der Waals surface area contributed by atoms with Gasteiger partial charge in [-0.3, -0.25) is 14.8 Å². The second-order valence-electron chi connectivity index (χ2n) is 6.63. The quantitative estimate of drug-likeness (QED) is 0.656. The highest BCUT2D eigenvalue weighted by atomic mass is 16.5. The molecule has 1 heterocycles. The van der Waals surface area contributed by atoms with Gasteiger partial charge in [-0.25, -0.2) is 5.48 Å². The molecule has 136 valence electrons. The average molecular weight is 354 g/mol. The van der Waals surface area contributed by atoms with Gasteiger partial charge in [0.25, 0.3) is 5.91 Å². The Balaban J connectivity index is 1.79. The lowest BCUT2D eigenvalue weighted by atomic mass is 10.1. The monoisotopic (exact) mass is 354 g/mol. The molecule has 0 aromatic heterocycles. The molecule has 0 spiro atoms. The fraction of sp³-hybridized carbons (Fsp3) is 0.300. The van der Waals surface area contributed by atoms with Crippen LogP contribution in [0.15, 0.2) is 42.5 Å². The number of nitrogens with zero attached hydrogens (tertiary/aromatic N) is 1. The molecule has 0 fully saturated rings. The number of fused-ring (bicyclic) bond motifs is 1. The van der Waals surface area contributed by atoms with Crippen LogP contribution >= 0.6 is 0 Å². The Morgan fingerprint density at radius 3 is 2.65 bits per heavy atom. The normalized spacial score (nSPS) is 16.3. The summed E-state index contributed by atoms with van der Waals surface area (Å²) >= 11 is 0. The summed E-state index contributed by atoms with van der Waals surface area (Å²) in [6.45, 7) is 4.80. The van der Waals surface area contributed by atoms with Gasteiger partial charge in [-0.1, -0.05) is 35.9 Å². The molecule has 0 aliphatic carbocycles. The first-order chi connectivity index (χ1) is 12.5. The Kier molecular flexibility index (Phi) is 5.23. The van der Waals surface area contributed by atoms with E-state index in [0.717, 1.165) is 16.7 Å². The van der Waals surface area contributed by atoms with Crippen LogP contribution in [0.3, 0.4) is 0 Å². The molecule has 0 saturated heterocycles. The first-order valence-electron chi connectivity index (χ1n) is 8.53. The van der Waals surface area contributed by atoms with Crippen LogP contribution in [-0.2, 0) is 17.8 Å². The van der Waals surface area contributed by atoms with Gasteiger partial charge in [-0.05, 0) is 31.5 Å². The number of ether oxygens (including phenoxy) is 1. The fourth-order valence-corrected chi connectivity index (χ4v) is 3.02. The summed E-state index contributed by atoms with van der Waals surface area (Å²) in [5, 5.41) is 8.78. The van der Waals surface area contributed by atoms with E-state index >= 15 is 0 Å². The van der Waals surface area contributed by atoms with Gasteiger partial charge in [0.15, 0.2) is 0 Å². The lowest BCUT2D eigenvalue weighted by molar-refractivity contribution is -0.131. The molecular weight excluding hydrogens is 332 g/mol. The molecule has 2 aromatic carbocycles. The maximum absolute atomic E-state index is 12.8. The van der Waals surface area contributed by atoms with Gasteiger partial charge in [-0.2, -0.15) is 0 Å². The summed E-state index contributed by atoms with van der Waals surface area (Å²) in [6.07, 6.45) is 0.138. The minimum Gasteiger partial charge on any atom is -0.488 e. The van der Waals surface area contributed by atoms with E-state index in [1.165, 1.54) is 0 Å². The topological polar surface area (TPSA) is 78.9 Å². The molecule has 6 nitrogen and oxygen atoms in total. The largest absolute Gasteiger partial charge is 0.488 e. The summed E-state index contributed by atoms with van der Waals surface area (Å²) in [6, 6.07) is 12.9. The van der Waals surface area contributed by atoms with Gasteiger partial charge in [0, 0.05) is 17.7 Å². The molecule has 2 aromatic rings. The highest BCUT2D eigenvalue weighted by molar-refractivity contribution is 5.93. The number of rotatable bonds is 3. The molecule has 1 aliphatic rings. The zero-order valence-electron chi connectivity index (χ0n) is 14.9. The number of aryl methyl sites for hydroxylation is 1. The highest BCUT2D eigenvalue weighted by Gasteiger charge is 2.24. The molecule has 26 heavy (non-hydrogen) atoms. The van der Waals surface area contributed by atoms with E-state index in [4.69, 9.17) is 9.94 Å². The second kappa shape index (κ2) is 7.58. The predicted octanol–water partition coefficient (Wildman–Crippen LogP) is 2.47. The van der Waals surface area contributed by atoms with Crippen LogP contribution in [-0.4, -0.2) is 34.6 Å². The molecule has 6 heteroatoms. The van der Waals surface area contributed by atoms with Crippen molar-refractivity contribution in [2.24, 2.45) is 0 Å². The van der Waals surface area contributed by atoms with E-state index in [0.29, 0.717) is 30.8 Å². The lowest BCUT2D eigenvalue weighted by Gasteiger charge is -2.22. The van der Waals surface area contributed by atoms with Crippen LogP contribution in [0.5, 0.6) is 5.75 Å². The molecular formula is C20H22N2O4. The van der Waals surface area contributed by atoms with Gasteiger partial charge in [-0.15, -0.1) is 0 Å². The summed E-state index contributed by atoms with van der Waals surface area (Å²) in [5.74, 6) is -0.000768. The third-order valence-electron chi connectivity index (χ3n) is 4.43. The SMILES string of the molecule is Cc1ccc(CC(=O)N2Cc3ccc(C(=O)NO)cc3O[C@@H](C)C2)cc1. The average Bonchev–Trinajstić information content (AvgIpc) is 2.80. The van der Waals surface area contributed by atoms with Gasteiger partial charge >= 0.3 is 0 Å². The predicted molar refractivity (Wildman–Crippen MR) is 96.1 cm³/mol. The number of amides is 2. The first-order valence-corrected chi connectivity index (χ1v) is 8.53. The second-order valence-corrected chi connectivity index (χ2v) is 6.63. The number of carbonyl (C=O) groups is 2. The Bertz CT molecular complexity index is 817. The van der Waals surface area contributed by atoms with E-state index < -0.39 is 5.91 Å².